The molecule has 0 spiro atoms. The Morgan fingerprint density at radius 1 is 1.13 bits per heavy atom. The van der Waals surface area contributed by atoms with Crippen LogP contribution in [0.15, 0.2) is 30.6 Å². The van der Waals surface area contributed by atoms with Crippen molar-refractivity contribution in [1.29, 1.82) is 0 Å². The normalized spacial score (nSPS) is 10.2. The fraction of sp³-hybridized carbons (Fsp3) is 0.0909. The van der Waals surface area contributed by atoms with Crippen molar-refractivity contribution < 1.29 is 0 Å². The summed E-state index contributed by atoms with van der Waals surface area (Å²) in [5.74, 6) is 0.380. The van der Waals surface area contributed by atoms with Crippen LogP contribution in [0.3, 0.4) is 0 Å². The van der Waals surface area contributed by atoms with E-state index >= 15 is 0 Å². The molecule has 0 atom stereocenters. The van der Waals surface area contributed by atoms with Crippen LogP contribution in [0.1, 0.15) is 5.69 Å². The van der Waals surface area contributed by atoms with Gasteiger partial charge in [0.2, 0.25) is 0 Å². The third-order valence-electron chi connectivity index (χ3n) is 2.26. The quantitative estimate of drug-likeness (QED) is 0.733. The van der Waals surface area contributed by atoms with Gasteiger partial charge in [-0.15, -0.1) is 0 Å². The number of nitrogens with two attached hydrogens (primary N) is 2. The maximum Gasteiger partial charge on any atom is 0.146 e. The lowest BCUT2D eigenvalue weighted by atomic mass is 10.1. The molecule has 4 nitrogen and oxygen atoms in total. The number of pyridine rings is 2. The van der Waals surface area contributed by atoms with Crippen LogP contribution in [-0.2, 0) is 0 Å². The zero-order valence-corrected chi connectivity index (χ0v) is 8.44. The molecule has 2 aromatic heterocycles. The van der Waals surface area contributed by atoms with Gasteiger partial charge in [-0.3, -0.25) is 4.98 Å². The van der Waals surface area contributed by atoms with Crippen molar-refractivity contribution in [2.24, 2.45) is 0 Å². The van der Waals surface area contributed by atoms with Gasteiger partial charge in [0.1, 0.15) is 5.82 Å². The van der Waals surface area contributed by atoms with Crippen molar-refractivity contribution >= 4 is 11.5 Å². The minimum Gasteiger partial charge on any atom is -0.396 e. The van der Waals surface area contributed by atoms with Crippen LogP contribution in [0.2, 0.25) is 0 Å². The molecule has 0 aliphatic rings. The molecular weight excluding hydrogens is 188 g/mol. The molecule has 0 amide bonds. The molecule has 0 aromatic carbocycles. The molecule has 0 aliphatic heterocycles. The van der Waals surface area contributed by atoms with Gasteiger partial charge < -0.3 is 11.5 Å². The fourth-order valence-corrected chi connectivity index (χ4v) is 1.46. The number of hydrogen-bond acceptors (Lipinski definition) is 4. The molecule has 2 heterocycles. The molecule has 76 valence electrons. The summed E-state index contributed by atoms with van der Waals surface area (Å²) in [4.78, 5) is 8.15. The summed E-state index contributed by atoms with van der Waals surface area (Å²) in [6, 6.07) is 5.67. The maximum atomic E-state index is 5.72. The van der Waals surface area contributed by atoms with Gasteiger partial charge >= 0.3 is 0 Å². The Morgan fingerprint density at radius 3 is 2.47 bits per heavy atom. The Kier molecular flexibility index (Phi) is 2.25. The standard InChI is InChI=1S/C11H12N4/c1-7-9(6-10(12)11(13)15-7)8-2-4-14-5-3-8/h2-6H,12H2,1H3,(H2,13,15). The molecule has 0 bridgehead atoms. The molecule has 4 heteroatoms. The summed E-state index contributed by atoms with van der Waals surface area (Å²) in [6.45, 7) is 1.91. The van der Waals surface area contributed by atoms with Crippen LogP contribution >= 0.6 is 0 Å². The molecule has 0 saturated heterocycles. The molecule has 0 unspecified atom stereocenters. The molecule has 0 saturated carbocycles. The van der Waals surface area contributed by atoms with Crippen molar-refractivity contribution in [2.45, 2.75) is 6.92 Å². The minimum absolute atomic E-state index is 0.380. The predicted octanol–water partition coefficient (Wildman–Crippen LogP) is 1.62. The third kappa shape index (κ3) is 1.74. The van der Waals surface area contributed by atoms with E-state index in [0.717, 1.165) is 16.8 Å². The van der Waals surface area contributed by atoms with Crippen LogP contribution in [0.4, 0.5) is 11.5 Å². The predicted molar refractivity (Wildman–Crippen MR) is 61.0 cm³/mol. The monoisotopic (exact) mass is 200 g/mol. The molecule has 0 radical (unpaired) electrons. The molecule has 2 rings (SSSR count). The highest BCUT2D eigenvalue weighted by molar-refractivity contribution is 5.73. The highest BCUT2D eigenvalue weighted by atomic mass is 14.9. The Hall–Kier alpha value is -2.10. The van der Waals surface area contributed by atoms with E-state index in [2.05, 4.69) is 9.97 Å². The van der Waals surface area contributed by atoms with Gasteiger partial charge in [-0.2, -0.15) is 0 Å². The topological polar surface area (TPSA) is 77.8 Å². The Balaban J connectivity index is 2.59. The second-order valence-electron chi connectivity index (χ2n) is 3.33. The van der Waals surface area contributed by atoms with E-state index in [9.17, 15) is 0 Å². The zero-order chi connectivity index (χ0) is 10.8. The minimum atomic E-state index is 0.380. The average Bonchev–Trinajstić information content (AvgIpc) is 2.25. The van der Waals surface area contributed by atoms with Crippen LogP contribution in [0.5, 0.6) is 0 Å². The number of nitrogen functional groups attached to an aromatic ring is 2. The molecular formula is C11H12N4. The third-order valence-corrected chi connectivity index (χ3v) is 2.26. The van der Waals surface area contributed by atoms with Gasteiger partial charge in [0.25, 0.3) is 0 Å². The number of hydrogen-bond donors (Lipinski definition) is 2. The Bertz CT molecular complexity index is 479. The van der Waals surface area contributed by atoms with Crippen molar-refractivity contribution in [3.8, 4) is 11.1 Å². The van der Waals surface area contributed by atoms with Gasteiger partial charge in [0.05, 0.1) is 5.69 Å². The zero-order valence-electron chi connectivity index (χ0n) is 8.44. The Morgan fingerprint density at radius 2 is 1.80 bits per heavy atom. The molecule has 0 fully saturated rings. The van der Waals surface area contributed by atoms with E-state index in [1.165, 1.54) is 0 Å². The number of aryl methyl sites for hydroxylation is 1. The lowest BCUT2D eigenvalue weighted by Gasteiger charge is -2.08. The van der Waals surface area contributed by atoms with E-state index in [1.54, 1.807) is 12.4 Å². The maximum absolute atomic E-state index is 5.72. The lowest BCUT2D eigenvalue weighted by Crippen LogP contribution is -2.00. The van der Waals surface area contributed by atoms with E-state index in [-0.39, 0.29) is 0 Å². The molecule has 4 N–H and O–H groups in total. The van der Waals surface area contributed by atoms with Gasteiger partial charge in [-0.25, -0.2) is 4.98 Å². The van der Waals surface area contributed by atoms with Gasteiger partial charge in [0, 0.05) is 23.7 Å². The second kappa shape index (κ2) is 3.57. The molecule has 15 heavy (non-hydrogen) atoms. The van der Waals surface area contributed by atoms with Crippen molar-refractivity contribution in [3.63, 3.8) is 0 Å². The second-order valence-corrected chi connectivity index (χ2v) is 3.33. The fourth-order valence-electron chi connectivity index (χ4n) is 1.46. The number of rotatable bonds is 1. The molecule has 0 aliphatic carbocycles. The summed E-state index contributed by atoms with van der Waals surface area (Å²) >= 11 is 0. The summed E-state index contributed by atoms with van der Waals surface area (Å²) < 4.78 is 0. The average molecular weight is 200 g/mol. The summed E-state index contributed by atoms with van der Waals surface area (Å²) in [5, 5.41) is 0. The van der Waals surface area contributed by atoms with Crippen molar-refractivity contribution in [3.05, 3.63) is 36.3 Å². The van der Waals surface area contributed by atoms with Gasteiger partial charge in [-0.05, 0) is 30.7 Å². The van der Waals surface area contributed by atoms with E-state index in [4.69, 9.17) is 11.5 Å². The van der Waals surface area contributed by atoms with Crippen LogP contribution in [0.25, 0.3) is 11.1 Å². The first-order valence-electron chi connectivity index (χ1n) is 4.61. The molecule has 2 aromatic rings. The largest absolute Gasteiger partial charge is 0.396 e. The highest BCUT2D eigenvalue weighted by Crippen LogP contribution is 2.26. The van der Waals surface area contributed by atoms with Crippen molar-refractivity contribution in [2.75, 3.05) is 11.5 Å². The summed E-state index contributed by atoms with van der Waals surface area (Å²) in [7, 11) is 0. The first kappa shape index (κ1) is 9.45. The summed E-state index contributed by atoms with van der Waals surface area (Å²) in [5.41, 5.74) is 14.8. The van der Waals surface area contributed by atoms with Crippen LogP contribution in [-0.4, -0.2) is 9.97 Å². The number of aromatic nitrogens is 2. The lowest BCUT2D eigenvalue weighted by molar-refractivity contribution is 1.21. The summed E-state index contributed by atoms with van der Waals surface area (Å²) in [6.07, 6.45) is 3.47. The van der Waals surface area contributed by atoms with Crippen molar-refractivity contribution in [1.82, 2.24) is 9.97 Å². The number of anilines is 2. The van der Waals surface area contributed by atoms with Gasteiger partial charge in [0.15, 0.2) is 0 Å². The van der Waals surface area contributed by atoms with E-state index < -0.39 is 0 Å². The van der Waals surface area contributed by atoms with Crippen LogP contribution in [0, 0.1) is 6.92 Å². The SMILES string of the molecule is Cc1nc(N)c(N)cc1-c1ccncc1. The van der Waals surface area contributed by atoms with Gasteiger partial charge in [-0.1, -0.05) is 0 Å². The highest BCUT2D eigenvalue weighted by Gasteiger charge is 2.06. The first-order valence-corrected chi connectivity index (χ1v) is 4.61. The van der Waals surface area contributed by atoms with Crippen LogP contribution < -0.4 is 11.5 Å². The first-order chi connectivity index (χ1) is 7.18. The van der Waals surface area contributed by atoms with E-state index in [0.29, 0.717) is 11.5 Å². The van der Waals surface area contributed by atoms with E-state index in [1.807, 2.05) is 25.1 Å². The Labute approximate surface area is 88.0 Å². The number of nitrogens with zero attached hydrogens (tertiary/aromatic N) is 2. The smallest absolute Gasteiger partial charge is 0.146 e.